The number of amides is 1. The number of nitrogens with zero attached hydrogens (tertiary/aromatic N) is 2. The van der Waals surface area contributed by atoms with Gasteiger partial charge < -0.3 is 0 Å². The molecule has 0 fully saturated rings. The van der Waals surface area contributed by atoms with Gasteiger partial charge in [-0.2, -0.15) is 5.10 Å². The molecule has 0 unspecified atom stereocenters. The van der Waals surface area contributed by atoms with Gasteiger partial charge >= 0.3 is 0 Å². The van der Waals surface area contributed by atoms with Gasteiger partial charge in [-0.15, -0.1) is 0 Å². The predicted molar refractivity (Wildman–Crippen MR) is 48.6 cm³/mol. The predicted octanol–water partition coefficient (Wildman–Crippen LogP) is 0.133. The Morgan fingerprint density at radius 2 is 2.54 bits per heavy atom. The smallest absolute Gasteiger partial charge is 0.258 e. The van der Waals surface area contributed by atoms with Gasteiger partial charge in [-0.1, -0.05) is 6.92 Å². The molecule has 5 nitrogen and oxygen atoms in total. The Balaban J connectivity index is 2.84. The highest BCUT2D eigenvalue weighted by molar-refractivity contribution is 5.79. The summed E-state index contributed by atoms with van der Waals surface area (Å²) in [5, 5.41) is 4.06. The van der Waals surface area contributed by atoms with Gasteiger partial charge in [-0.05, 0) is 18.9 Å². The maximum Gasteiger partial charge on any atom is 0.258 e. The number of hydrazine groups is 1. The van der Waals surface area contributed by atoms with Crippen molar-refractivity contribution in [1.29, 1.82) is 0 Å². The molecule has 0 aliphatic heterocycles. The van der Waals surface area contributed by atoms with Crippen LogP contribution in [0.25, 0.3) is 0 Å². The fourth-order valence-corrected chi connectivity index (χ4v) is 1.19. The second-order valence-corrected chi connectivity index (χ2v) is 2.93. The van der Waals surface area contributed by atoms with Gasteiger partial charge in [-0.25, -0.2) is 5.84 Å². The Labute approximate surface area is 76.9 Å². The van der Waals surface area contributed by atoms with E-state index < -0.39 is 0 Å². The minimum atomic E-state index is -0.307. The molecule has 1 rings (SSSR count). The maximum atomic E-state index is 11.3. The van der Waals surface area contributed by atoms with Crippen molar-refractivity contribution >= 4 is 5.91 Å². The van der Waals surface area contributed by atoms with Crippen LogP contribution in [-0.2, 0) is 4.79 Å². The molecule has 1 aromatic heterocycles. The van der Waals surface area contributed by atoms with Crippen molar-refractivity contribution in [1.82, 2.24) is 15.2 Å². The zero-order chi connectivity index (χ0) is 9.84. The van der Waals surface area contributed by atoms with Crippen molar-refractivity contribution in [3.8, 4) is 0 Å². The van der Waals surface area contributed by atoms with Crippen molar-refractivity contribution in [3.63, 3.8) is 0 Å². The van der Waals surface area contributed by atoms with Crippen LogP contribution in [0.3, 0.4) is 0 Å². The zero-order valence-electron chi connectivity index (χ0n) is 7.82. The number of nitrogens with two attached hydrogens (primary N) is 1. The largest absolute Gasteiger partial charge is 0.292 e. The van der Waals surface area contributed by atoms with Gasteiger partial charge in [0.25, 0.3) is 5.91 Å². The van der Waals surface area contributed by atoms with Crippen LogP contribution in [0.5, 0.6) is 0 Å². The summed E-state index contributed by atoms with van der Waals surface area (Å²) in [6.45, 7) is 3.84. The number of rotatable bonds is 3. The van der Waals surface area contributed by atoms with E-state index in [1.807, 2.05) is 20.0 Å². The second-order valence-electron chi connectivity index (χ2n) is 2.93. The molecule has 3 N–H and O–H groups in total. The van der Waals surface area contributed by atoms with Gasteiger partial charge in [0.1, 0.15) is 6.04 Å². The first-order chi connectivity index (χ1) is 6.19. The number of hydrogen-bond acceptors (Lipinski definition) is 3. The molecule has 5 heteroatoms. The van der Waals surface area contributed by atoms with Crippen molar-refractivity contribution < 1.29 is 4.79 Å². The van der Waals surface area contributed by atoms with Gasteiger partial charge in [-0.3, -0.25) is 14.9 Å². The monoisotopic (exact) mass is 182 g/mol. The summed E-state index contributed by atoms with van der Waals surface area (Å²) >= 11 is 0. The van der Waals surface area contributed by atoms with E-state index in [1.165, 1.54) is 0 Å². The number of carbonyl (C=O) groups is 1. The van der Waals surface area contributed by atoms with Crippen LogP contribution in [0.4, 0.5) is 0 Å². The molecule has 1 amide bonds. The third-order valence-electron chi connectivity index (χ3n) is 1.88. The SMILES string of the molecule is CC[C@@H](C(=O)NN)n1cc(C)cn1. The average molecular weight is 182 g/mol. The Morgan fingerprint density at radius 1 is 1.85 bits per heavy atom. The summed E-state index contributed by atoms with van der Waals surface area (Å²) < 4.78 is 1.62. The summed E-state index contributed by atoms with van der Waals surface area (Å²) in [4.78, 5) is 11.3. The standard InChI is InChI=1S/C8H14N4O/c1-3-7(8(13)11-9)12-5-6(2)4-10-12/h4-5,7H,3,9H2,1-2H3,(H,11,13)/t7-/m0/s1. The summed E-state index contributed by atoms with van der Waals surface area (Å²) in [6, 6.07) is -0.307. The third kappa shape index (κ3) is 2.06. The van der Waals surface area contributed by atoms with Crippen LogP contribution in [0, 0.1) is 6.92 Å². The lowest BCUT2D eigenvalue weighted by molar-refractivity contribution is -0.124. The normalized spacial score (nSPS) is 12.5. The first-order valence-electron chi connectivity index (χ1n) is 4.20. The Morgan fingerprint density at radius 3 is 2.92 bits per heavy atom. The number of carbonyl (C=O) groups excluding carboxylic acids is 1. The topological polar surface area (TPSA) is 72.9 Å². The highest BCUT2D eigenvalue weighted by Gasteiger charge is 2.17. The fraction of sp³-hybridized carbons (Fsp3) is 0.500. The quantitative estimate of drug-likeness (QED) is 0.396. The van der Waals surface area contributed by atoms with E-state index in [0.717, 1.165) is 5.56 Å². The molecular weight excluding hydrogens is 168 g/mol. The minimum Gasteiger partial charge on any atom is -0.292 e. The molecule has 1 aromatic rings. The Bertz CT molecular complexity index is 294. The molecule has 0 aliphatic carbocycles. The van der Waals surface area contributed by atoms with Crippen LogP contribution >= 0.6 is 0 Å². The van der Waals surface area contributed by atoms with Crippen molar-refractivity contribution in [2.45, 2.75) is 26.3 Å². The molecule has 0 aliphatic rings. The van der Waals surface area contributed by atoms with Gasteiger partial charge in [0.05, 0.1) is 6.20 Å². The zero-order valence-corrected chi connectivity index (χ0v) is 7.82. The first-order valence-corrected chi connectivity index (χ1v) is 4.20. The number of aromatic nitrogens is 2. The lowest BCUT2D eigenvalue weighted by Gasteiger charge is -2.12. The molecular formula is C8H14N4O. The van der Waals surface area contributed by atoms with Crippen molar-refractivity contribution in [3.05, 3.63) is 18.0 Å². The maximum absolute atomic E-state index is 11.3. The van der Waals surface area contributed by atoms with E-state index in [1.54, 1.807) is 10.9 Å². The summed E-state index contributed by atoms with van der Waals surface area (Å²) in [7, 11) is 0. The number of nitrogens with one attached hydrogen (secondary N) is 1. The average Bonchev–Trinajstić information content (AvgIpc) is 2.53. The second kappa shape index (κ2) is 4.04. The van der Waals surface area contributed by atoms with E-state index in [2.05, 4.69) is 10.5 Å². The minimum absolute atomic E-state index is 0.217. The fourth-order valence-electron chi connectivity index (χ4n) is 1.19. The van der Waals surface area contributed by atoms with Crippen LogP contribution in [0.15, 0.2) is 12.4 Å². The molecule has 0 radical (unpaired) electrons. The van der Waals surface area contributed by atoms with Crippen molar-refractivity contribution in [2.24, 2.45) is 5.84 Å². The highest BCUT2D eigenvalue weighted by Crippen LogP contribution is 2.10. The Hall–Kier alpha value is -1.36. The van der Waals surface area contributed by atoms with Crippen LogP contribution < -0.4 is 11.3 Å². The molecule has 0 aromatic carbocycles. The molecule has 13 heavy (non-hydrogen) atoms. The van der Waals surface area contributed by atoms with Gasteiger partial charge in [0.2, 0.25) is 0 Å². The van der Waals surface area contributed by atoms with E-state index in [9.17, 15) is 4.79 Å². The number of hydrogen-bond donors (Lipinski definition) is 2. The van der Waals surface area contributed by atoms with Gasteiger partial charge in [0, 0.05) is 6.20 Å². The van der Waals surface area contributed by atoms with E-state index in [0.29, 0.717) is 6.42 Å². The molecule has 0 saturated carbocycles. The van der Waals surface area contributed by atoms with Crippen molar-refractivity contribution in [2.75, 3.05) is 0 Å². The first kappa shape index (κ1) is 9.73. The Kier molecular flexibility index (Phi) is 3.02. The van der Waals surface area contributed by atoms with Gasteiger partial charge in [0.15, 0.2) is 0 Å². The summed E-state index contributed by atoms with van der Waals surface area (Å²) in [5.41, 5.74) is 3.15. The van der Waals surface area contributed by atoms with E-state index in [-0.39, 0.29) is 11.9 Å². The molecule has 0 saturated heterocycles. The van der Waals surface area contributed by atoms with Crippen LogP contribution in [0.1, 0.15) is 24.9 Å². The molecule has 1 heterocycles. The molecule has 72 valence electrons. The van der Waals surface area contributed by atoms with Crippen LogP contribution in [-0.4, -0.2) is 15.7 Å². The van der Waals surface area contributed by atoms with E-state index >= 15 is 0 Å². The lowest BCUT2D eigenvalue weighted by atomic mass is 10.2. The highest BCUT2D eigenvalue weighted by atomic mass is 16.2. The van der Waals surface area contributed by atoms with Crippen LogP contribution in [0.2, 0.25) is 0 Å². The summed E-state index contributed by atoms with van der Waals surface area (Å²) in [5.74, 6) is 4.83. The summed E-state index contributed by atoms with van der Waals surface area (Å²) in [6.07, 6.45) is 4.21. The third-order valence-corrected chi connectivity index (χ3v) is 1.88. The molecule has 0 spiro atoms. The molecule has 0 bridgehead atoms. The lowest BCUT2D eigenvalue weighted by Crippen LogP contribution is -2.37. The van der Waals surface area contributed by atoms with E-state index in [4.69, 9.17) is 5.84 Å². The molecule has 1 atom stereocenters. The number of aryl methyl sites for hydroxylation is 1.